The highest BCUT2D eigenvalue weighted by atomic mass is 19.4. The number of benzene rings is 2. The lowest BCUT2D eigenvalue weighted by Crippen LogP contribution is -2.34. The fraction of sp³-hybridized carbons (Fsp3) is 0.143. The van der Waals surface area contributed by atoms with E-state index in [1.165, 1.54) is 18.2 Å². The third-order valence-electron chi connectivity index (χ3n) is 4.28. The Bertz CT molecular complexity index is 1170. The van der Waals surface area contributed by atoms with Crippen LogP contribution in [0.3, 0.4) is 0 Å². The number of carbonyl (C=O) groups is 2. The summed E-state index contributed by atoms with van der Waals surface area (Å²) in [6.45, 7) is 0. The molecule has 3 N–H and O–H groups in total. The summed E-state index contributed by atoms with van der Waals surface area (Å²) >= 11 is 0. The zero-order valence-corrected chi connectivity index (χ0v) is 15.8. The molecule has 10 heteroatoms. The van der Waals surface area contributed by atoms with Crippen LogP contribution in [0, 0.1) is 11.3 Å². The maximum atomic E-state index is 13.4. The predicted molar refractivity (Wildman–Crippen MR) is 105 cm³/mol. The standard InChI is InChI=1S/C21H15F3N4O3/c22-21(23,24)18-11-15(12-4-2-1-3-5-12)14-7-6-13(10-16(14)28-18)27-19(29)17(8-9-25)31-20(26)30/h1-7,10-11,17H,8H2,(H2,26,30)(H,27,29)/t17-/m1/s1. The number of halogens is 3. The highest BCUT2D eigenvalue weighted by Gasteiger charge is 2.33. The van der Waals surface area contributed by atoms with Crippen molar-refractivity contribution >= 4 is 28.6 Å². The molecule has 1 heterocycles. The second-order valence-corrected chi connectivity index (χ2v) is 6.43. The summed E-state index contributed by atoms with van der Waals surface area (Å²) in [5.41, 5.74) is 4.82. The second-order valence-electron chi connectivity index (χ2n) is 6.43. The van der Waals surface area contributed by atoms with Gasteiger partial charge in [-0.15, -0.1) is 0 Å². The van der Waals surface area contributed by atoms with Gasteiger partial charge in [0.25, 0.3) is 5.91 Å². The van der Waals surface area contributed by atoms with E-state index in [0.717, 1.165) is 6.07 Å². The van der Waals surface area contributed by atoms with Gasteiger partial charge in [-0.05, 0) is 29.3 Å². The molecule has 0 saturated carbocycles. The number of primary amides is 1. The first kappa shape index (κ1) is 21.6. The molecule has 0 radical (unpaired) electrons. The van der Waals surface area contributed by atoms with Gasteiger partial charge in [-0.1, -0.05) is 36.4 Å². The molecular formula is C21H15F3N4O3. The third-order valence-corrected chi connectivity index (χ3v) is 4.28. The van der Waals surface area contributed by atoms with Crippen LogP contribution in [-0.2, 0) is 15.7 Å². The Morgan fingerprint density at radius 2 is 1.87 bits per heavy atom. The Kier molecular flexibility index (Phi) is 6.06. The number of aromatic nitrogens is 1. The van der Waals surface area contributed by atoms with Crippen molar-refractivity contribution in [3.05, 3.63) is 60.3 Å². The first-order valence-electron chi connectivity index (χ1n) is 8.90. The summed E-state index contributed by atoms with van der Waals surface area (Å²) in [5.74, 6) is -0.852. The number of nitriles is 1. The van der Waals surface area contributed by atoms with Crippen molar-refractivity contribution in [2.24, 2.45) is 5.73 Å². The first-order chi connectivity index (χ1) is 14.7. The van der Waals surface area contributed by atoms with Crippen LogP contribution in [0.2, 0.25) is 0 Å². The largest absolute Gasteiger partial charge is 0.435 e. The van der Waals surface area contributed by atoms with Crippen molar-refractivity contribution in [1.29, 1.82) is 5.26 Å². The number of hydrogen-bond acceptors (Lipinski definition) is 5. The van der Waals surface area contributed by atoms with E-state index in [0.29, 0.717) is 16.5 Å². The van der Waals surface area contributed by atoms with E-state index < -0.39 is 36.4 Å². The molecule has 0 unspecified atom stereocenters. The van der Waals surface area contributed by atoms with Gasteiger partial charge in [-0.2, -0.15) is 18.4 Å². The number of carbonyl (C=O) groups excluding carboxylic acids is 2. The van der Waals surface area contributed by atoms with Gasteiger partial charge >= 0.3 is 12.3 Å². The molecule has 0 bridgehead atoms. The van der Waals surface area contributed by atoms with E-state index in [4.69, 9.17) is 11.0 Å². The molecule has 0 saturated heterocycles. The highest BCUT2D eigenvalue weighted by molar-refractivity contribution is 6.00. The molecule has 3 aromatic rings. The molecule has 0 aliphatic carbocycles. The predicted octanol–water partition coefficient (Wildman–Crippen LogP) is 4.24. The maximum absolute atomic E-state index is 13.4. The summed E-state index contributed by atoms with van der Waals surface area (Å²) in [5, 5.41) is 11.6. The van der Waals surface area contributed by atoms with Crippen molar-refractivity contribution in [1.82, 2.24) is 4.98 Å². The zero-order valence-electron chi connectivity index (χ0n) is 15.8. The van der Waals surface area contributed by atoms with Gasteiger partial charge in [-0.3, -0.25) is 4.79 Å². The first-order valence-corrected chi connectivity index (χ1v) is 8.90. The zero-order chi connectivity index (χ0) is 22.6. The van der Waals surface area contributed by atoms with Gasteiger partial charge in [0, 0.05) is 11.1 Å². The average molecular weight is 428 g/mol. The van der Waals surface area contributed by atoms with Crippen molar-refractivity contribution in [3.8, 4) is 17.2 Å². The van der Waals surface area contributed by atoms with Gasteiger partial charge in [-0.25, -0.2) is 9.78 Å². The number of amides is 2. The van der Waals surface area contributed by atoms with Crippen LogP contribution in [-0.4, -0.2) is 23.1 Å². The van der Waals surface area contributed by atoms with E-state index >= 15 is 0 Å². The maximum Gasteiger partial charge on any atom is 0.433 e. The van der Waals surface area contributed by atoms with Crippen LogP contribution in [0.25, 0.3) is 22.0 Å². The molecule has 3 rings (SSSR count). The van der Waals surface area contributed by atoms with Crippen LogP contribution in [0.1, 0.15) is 12.1 Å². The number of nitrogens with one attached hydrogen (secondary N) is 1. The minimum absolute atomic E-state index is 0.000805. The Morgan fingerprint density at radius 1 is 1.16 bits per heavy atom. The van der Waals surface area contributed by atoms with Gasteiger partial charge in [0.05, 0.1) is 18.0 Å². The average Bonchev–Trinajstić information content (AvgIpc) is 2.72. The molecule has 7 nitrogen and oxygen atoms in total. The molecule has 1 aromatic heterocycles. The summed E-state index contributed by atoms with van der Waals surface area (Å²) in [4.78, 5) is 26.9. The molecule has 1 atom stereocenters. The molecule has 0 aliphatic rings. The number of rotatable bonds is 5. The van der Waals surface area contributed by atoms with Crippen LogP contribution >= 0.6 is 0 Å². The number of nitrogens with two attached hydrogens (primary N) is 1. The molecule has 0 aliphatic heterocycles. The van der Waals surface area contributed by atoms with E-state index in [1.807, 2.05) is 0 Å². The summed E-state index contributed by atoms with van der Waals surface area (Å²) in [6, 6.07) is 15.4. The van der Waals surface area contributed by atoms with E-state index in [-0.39, 0.29) is 11.2 Å². The number of nitrogens with zero attached hydrogens (tertiary/aromatic N) is 2. The number of pyridine rings is 1. The van der Waals surface area contributed by atoms with Crippen molar-refractivity contribution in [3.63, 3.8) is 0 Å². The lowest BCUT2D eigenvalue weighted by molar-refractivity contribution is -0.140. The van der Waals surface area contributed by atoms with Crippen LogP contribution < -0.4 is 11.1 Å². The van der Waals surface area contributed by atoms with Crippen molar-refractivity contribution < 1.29 is 27.5 Å². The lowest BCUT2D eigenvalue weighted by Gasteiger charge is -2.15. The van der Waals surface area contributed by atoms with Crippen molar-refractivity contribution in [2.75, 3.05) is 5.32 Å². The van der Waals surface area contributed by atoms with Gasteiger partial charge in [0.1, 0.15) is 5.69 Å². The fourth-order valence-corrected chi connectivity index (χ4v) is 2.94. The van der Waals surface area contributed by atoms with Crippen LogP contribution in [0.4, 0.5) is 23.7 Å². The Morgan fingerprint density at radius 3 is 2.48 bits per heavy atom. The third kappa shape index (κ3) is 5.08. The SMILES string of the molecule is N#CC[C@@H](OC(N)=O)C(=O)Nc1ccc2c(-c3ccccc3)cc(C(F)(F)F)nc2c1. The number of hydrogen-bond donors (Lipinski definition) is 2. The smallest absolute Gasteiger partial charge is 0.433 e. The number of fused-ring (bicyclic) bond motifs is 1. The molecule has 0 spiro atoms. The van der Waals surface area contributed by atoms with Crippen LogP contribution in [0.15, 0.2) is 54.6 Å². The Hall–Kier alpha value is -4.13. The molecule has 31 heavy (non-hydrogen) atoms. The number of anilines is 1. The molecule has 158 valence electrons. The van der Waals surface area contributed by atoms with Gasteiger partial charge < -0.3 is 15.8 Å². The van der Waals surface area contributed by atoms with Crippen LogP contribution in [0.5, 0.6) is 0 Å². The lowest BCUT2D eigenvalue weighted by atomic mass is 9.99. The number of alkyl halides is 3. The van der Waals surface area contributed by atoms with Crippen molar-refractivity contribution in [2.45, 2.75) is 18.7 Å². The van der Waals surface area contributed by atoms with Gasteiger partial charge in [0.2, 0.25) is 0 Å². The molecule has 0 fully saturated rings. The molecule has 2 amide bonds. The topological polar surface area (TPSA) is 118 Å². The Labute approximate surface area is 174 Å². The molecular weight excluding hydrogens is 413 g/mol. The summed E-state index contributed by atoms with van der Waals surface area (Å²) in [7, 11) is 0. The normalized spacial score (nSPS) is 12.1. The number of ether oxygens (including phenoxy) is 1. The minimum Gasteiger partial charge on any atom is -0.435 e. The van der Waals surface area contributed by atoms with E-state index in [9.17, 15) is 22.8 Å². The monoisotopic (exact) mass is 428 g/mol. The van der Waals surface area contributed by atoms with Gasteiger partial charge in [0.15, 0.2) is 6.10 Å². The highest BCUT2D eigenvalue weighted by Crippen LogP contribution is 2.36. The minimum atomic E-state index is -4.68. The summed E-state index contributed by atoms with van der Waals surface area (Å²) in [6.07, 6.45) is -7.83. The summed E-state index contributed by atoms with van der Waals surface area (Å²) < 4.78 is 44.8. The van der Waals surface area contributed by atoms with E-state index in [2.05, 4.69) is 15.0 Å². The molecule has 2 aromatic carbocycles. The quantitative estimate of drug-likeness (QED) is 0.630. The second kappa shape index (κ2) is 8.71. The van der Waals surface area contributed by atoms with E-state index in [1.54, 1.807) is 36.4 Å². The Balaban J connectivity index is 2.04. The fourth-order valence-electron chi connectivity index (χ4n) is 2.94.